The van der Waals surface area contributed by atoms with Gasteiger partial charge in [-0.25, -0.2) is 13.2 Å². The molecule has 6 heteroatoms. The molecule has 2 rings (SSSR count). The molecule has 0 bridgehead atoms. The molecule has 2 aromatic rings. The van der Waals surface area contributed by atoms with Crippen LogP contribution in [0.15, 0.2) is 24.5 Å². The van der Waals surface area contributed by atoms with Crippen molar-refractivity contribution < 1.29 is 13.2 Å². The Morgan fingerprint density at radius 1 is 1.25 bits per heavy atom. The second-order valence-corrected chi connectivity index (χ2v) is 4.51. The summed E-state index contributed by atoms with van der Waals surface area (Å²) in [5, 5.41) is 7.05. The molecule has 0 aliphatic carbocycles. The number of rotatable bonds is 5. The molecular weight excluding hydrogens is 267 g/mol. The first kappa shape index (κ1) is 14.6. The van der Waals surface area contributed by atoms with Crippen LogP contribution in [0.2, 0.25) is 0 Å². The molecule has 0 saturated carbocycles. The second-order valence-electron chi connectivity index (χ2n) is 4.51. The zero-order chi connectivity index (χ0) is 14.7. The van der Waals surface area contributed by atoms with Gasteiger partial charge in [-0.1, -0.05) is 6.07 Å². The smallest absolute Gasteiger partial charge is 0.194 e. The molecule has 0 amide bonds. The molecule has 1 aromatic heterocycles. The largest absolute Gasteiger partial charge is 0.313 e. The molecule has 0 radical (unpaired) electrons. The summed E-state index contributed by atoms with van der Waals surface area (Å²) in [6.07, 6.45) is 3.98. The highest BCUT2D eigenvalue weighted by Crippen LogP contribution is 2.24. The van der Waals surface area contributed by atoms with E-state index in [9.17, 15) is 13.2 Å². The van der Waals surface area contributed by atoms with Gasteiger partial charge >= 0.3 is 0 Å². The fourth-order valence-electron chi connectivity index (χ4n) is 2.10. The van der Waals surface area contributed by atoms with Crippen molar-refractivity contribution in [1.82, 2.24) is 15.1 Å². The third kappa shape index (κ3) is 2.85. The first-order chi connectivity index (χ1) is 9.56. The van der Waals surface area contributed by atoms with Gasteiger partial charge in [0.05, 0.1) is 6.20 Å². The number of likely N-dealkylation sites (N-methyl/N-ethyl adjacent to an activating group) is 1. The van der Waals surface area contributed by atoms with Gasteiger partial charge in [-0.05, 0) is 32.0 Å². The number of benzene rings is 1. The molecule has 0 saturated heterocycles. The lowest BCUT2D eigenvalue weighted by molar-refractivity contribution is 0.428. The molecular formula is C14H16F3N3. The minimum absolute atomic E-state index is 0.107. The minimum Gasteiger partial charge on any atom is -0.313 e. The van der Waals surface area contributed by atoms with Crippen molar-refractivity contribution in [3.8, 4) is 0 Å². The molecule has 0 fully saturated rings. The quantitative estimate of drug-likeness (QED) is 0.855. The van der Waals surface area contributed by atoms with Gasteiger partial charge in [-0.15, -0.1) is 0 Å². The molecule has 0 spiro atoms. The summed E-state index contributed by atoms with van der Waals surface area (Å²) in [4.78, 5) is 0. The SMILES string of the molecule is CCn1cc(CC(NC)c2ccc(F)c(F)c2F)cn1. The maximum atomic E-state index is 13.8. The van der Waals surface area contributed by atoms with Gasteiger partial charge in [0.15, 0.2) is 17.5 Å². The molecule has 20 heavy (non-hydrogen) atoms. The van der Waals surface area contributed by atoms with E-state index < -0.39 is 23.5 Å². The van der Waals surface area contributed by atoms with Crippen molar-refractivity contribution in [2.24, 2.45) is 0 Å². The van der Waals surface area contributed by atoms with Crippen molar-refractivity contribution in [1.29, 1.82) is 0 Å². The maximum absolute atomic E-state index is 13.8. The summed E-state index contributed by atoms with van der Waals surface area (Å²) in [5.74, 6) is -3.76. The first-order valence-electron chi connectivity index (χ1n) is 6.38. The van der Waals surface area contributed by atoms with Crippen LogP contribution in [0, 0.1) is 17.5 Å². The molecule has 1 N–H and O–H groups in total. The predicted molar refractivity (Wildman–Crippen MR) is 69.7 cm³/mol. The number of nitrogens with one attached hydrogen (secondary N) is 1. The Bertz CT molecular complexity index is 595. The van der Waals surface area contributed by atoms with Crippen LogP contribution in [0.3, 0.4) is 0 Å². The molecule has 0 aliphatic rings. The van der Waals surface area contributed by atoms with E-state index in [-0.39, 0.29) is 5.56 Å². The summed E-state index contributed by atoms with van der Waals surface area (Å²) in [6, 6.07) is 1.76. The minimum atomic E-state index is -1.44. The van der Waals surface area contributed by atoms with E-state index in [1.54, 1.807) is 17.9 Å². The van der Waals surface area contributed by atoms with Crippen LogP contribution in [-0.2, 0) is 13.0 Å². The van der Waals surface area contributed by atoms with Gasteiger partial charge < -0.3 is 5.32 Å². The number of nitrogens with zero attached hydrogens (tertiary/aromatic N) is 2. The van der Waals surface area contributed by atoms with Crippen LogP contribution in [-0.4, -0.2) is 16.8 Å². The topological polar surface area (TPSA) is 29.9 Å². The normalized spacial score (nSPS) is 12.7. The maximum Gasteiger partial charge on any atom is 0.194 e. The van der Waals surface area contributed by atoms with Crippen molar-refractivity contribution in [3.63, 3.8) is 0 Å². The van der Waals surface area contributed by atoms with Crippen LogP contribution >= 0.6 is 0 Å². The Morgan fingerprint density at radius 3 is 2.60 bits per heavy atom. The summed E-state index contributed by atoms with van der Waals surface area (Å²) >= 11 is 0. The van der Waals surface area contributed by atoms with Crippen LogP contribution < -0.4 is 5.32 Å². The summed E-state index contributed by atoms with van der Waals surface area (Å²) < 4.78 is 41.8. The van der Waals surface area contributed by atoms with Crippen molar-refractivity contribution in [3.05, 3.63) is 53.1 Å². The van der Waals surface area contributed by atoms with E-state index in [2.05, 4.69) is 10.4 Å². The van der Waals surface area contributed by atoms with Crippen LogP contribution in [0.25, 0.3) is 0 Å². The van der Waals surface area contributed by atoms with Gasteiger partial charge in [0.1, 0.15) is 0 Å². The fraction of sp³-hybridized carbons (Fsp3) is 0.357. The van der Waals surface area contributed by atoms with E-state index in [4.69, 9.17) is 0 Å². The predicted octanol–water partition coefficient (Wildman–Crippen LogP) is 2.82. The Labute approximate surface area is 115 Å². The summed E-state index contributed by atoms with van der Waals surface area (Å²) in [7, 11) is 1.65. The van der Waals surface area contributed by atoms with E-state index in [0.29, 0.717) is 6.42 Å². The Hall–Kier alpha value is -1.82. The van der Waals surface area contributed by atoms with E-state index in [0.717, 1.165) is 18.2 Å². The number of aryl methyl sites for hydroxylation is 1. The highest BCUT2D eigenvalue weighted by Gasteiger charge is 2.20. The fourth-order valence-corrected chi connectivity index (χ4v) is 2.10. The van der Waals surface area contributed by atoms with E-state index in [1.165, 1.54) is 6.07 Å². The zero-order valence-electron chi connectivity index (χ0n) is 11.3. The van der Waals surface area contributed by atoms with Crippen LogP contribution in [0.1, 0.15) is 24.1 Å². The third-order valence-electron chi connectivity index (χ3n) is 3.24. The Morgan fingerprint density at radius 2 is 2.00 bits per heavy atom. The average molecular weight is 283 g/mol. The number of hydrogen-bond acceptors (Lipinski definition) is 2. The standard InChI is InChI=1S/C14H16F3N3/c1-3-20-8-9(7-19-20)6-12(18-2)10-4-5-11(15)14(17)13(10)16/h4-5,7-8,12,18H,3,6H2,1-2H3. The number of aromatic nitrogens is 2. The molecule has 1 atom stereocenters. The third-order valence-corrected chi connectivity index (χ3v) is 3.24. The van der Waals surface area contributed by atoms with Gasteiger partial charge in [-0.3, -0.25) is 4.68 Å². The van der Waals surface area contributed by atoms with Gasteiger partial charge in [0, 0.05) is 24.3 Å². The molecule has 1 aromatic carbocycles. The Balaban J connectivity index is 2.26. The number of halogens is 3. The van der Waals surface area contributed by atoms with Crippen LogP contribution in [0.4, 0.5) is 13.2 Å². The molecule has 3 nitrogen and oxygen atoms in total. The molecule has 108 valence electrons. The lowest BCUT2D eigenvalue weighted by Gasteiger charge is -2.17. The van der Waals surface area contributed by atoms with Gasteiger partial charge in [-0.2, -0.15) is 5.10 Å². The lowest BCUT2D eigenvalue weighted by Crippen LogP contribution is -2.20. The highest BCUT2D eigenvalue weighted by atomic mass is 19.2. The van der Waals surface area contributed by atoms with Crippen molar-refractivity contribution in [2.75, 3.05) is 7.05 Å². The summed E-state index contributed by atoms with van der Waals surface area (Å²) in [6.45, 7) is 2.70. The summed E-state index contributed by atoms with van der Waals surface area (Å²) in [5.41, 5.74) is 1.01. The monoisotopic (exact) mass is 283 g/mol. The second kappa shape index (κ2) is 6.09. The number of hydrogen-bond donors (Lipinski definition) is 1. The Kier molecular flexibility index (Phi) is 4.44. The molecule has 1 heterocycles. The van der Waals surface area contributed by atoms with E-state index >= 15 is 0 Å². The van der Waals surface area contributed by atoms with Gasteiger partial charge in [0.2, 0.25) is 0 Å². The van der Waals surface area contributed by atoms with Crippen molar-refractivity contribution in [2.45, 2.75) is 25.9 Å². The highest BCUT2D eigenvalue weighted by molar-refractivity contribution is 5.25. The van der Waals surface area contributed by atoms with Crippen LogP contribution in [0.5, 0.6) is 0 Å². The lowest BCUT2D eigenvalue weighted by atomic mass is 10.00. The average Bonchev–Trinajstić information content (AvgIpc) is 2.91. The van der Waals surface area contributed by atoms with Gasteiger partial charge in [0.25, 0.3) is 0 Å². The van der Waals surface area contributed by atoms with E-state index in [1.807, 2.05) is 13.1 Å². The first-order valence-corrected chi connectivity index (χ1v) is 6.38. The molecule has 0 aliphatic heterocycles. The van der Waals surface area contributed by atoms with Crippen molar-refractivity contribution >= 4 is 0 Å². The molecule has 1 unspecified atom stereocenters. The zero-order valence-corrected chi connectivity index (χ0v) is 11.3.